The third-order valence-corrected chi connectivity index (χ3v) is 2.38. The number of nitrogens with one attached hydrogen (secondary N) is 1. The first-order valence-electron chi connectivity index (χ1n) is 4.20. The monoisotopic (exact) mass is 270 g/mol. The van der Waals surface area contributed by atoms with Crippen LogP contribution in [-0.4, -0.2) is 5.91 Å². The Hall–Kier alpha value is -1.41. The fourth-order valence-corrected chi connectivity index (χ4v) is 1.26. The molecule has 1 amide bonds. The van der Waals surface area contributed by atoms with E-state index in [1.807, 2.05) is 6.07 Å². The largest absolute Gasteiger partial charge is 0.325 e. The summed E-state index contributed by atoms with van der Waals surface area (Å²) in [5.41, 5.74) is 0.454. The van der Waals surface area contributed by atoms with E-state index < -0.39 is 17.6 Å². The van der Waals surface area contributed by atoms with Crippen molar-refractivity contribution in [1.29, 1.82) is 5.26 Å². The lowest BCUT2D eigenvalue weighted by Gasteiger charge is -2.06. The number of rotatable bonds is 2. The predicted molar refractivity (Wildman–Crippen MR) is 57.5 cm³/mol. The van der Waals surface area contributed by atoms with Crippen molar-refractivity contribution in [3.05, 3.63) is 28.5 Å². The van der Waals surface area contributed by atoms with E-state index in [0.717, 1.165) is 0 Å². The molecule has 0 saturated carbocycles. The molecule has 0 aliphatic rings. The second-order valence-corrected chi connectivity index (χ2v) is 3.82. The minimum Gasteiger partial charge on any atom is -0.325 e. The Bertz CT molecular complexity index is 428. The van der Waals surface area contributed by atoms with Gasteiger partial charge in [0.15, 0.2) is 0 Å². The first kappa shape index (κ1) is 11.7. The Kier molecular flexibility index (Phi) is 3.81. The highest BCUT2D eigenvalue weighted by Gasteiger charge is 2.11. The smallest absolute Gasteiger partial charge is 0.241 e. The molecule has 1 aromatic carbocycles. The van der Waals surface area contributed by atoms with Crippen LogP contribution in [0, 0.1) is 23.1 Å². The van der Waals surface area contributed by atoms with Crippen LogP contribution in [0.15, 0.2) is 22.7 Å². The third-order valence-electron chi connectivity index (χ3n) is 1.77. The van der Waals surface area contributed by atoms with Gasteiger partial charge in [0.05, 0.1) is 10.5 Å². The van der Waals surface area contributed by atoms with E-state index in [2.05, 4.69) is 21.2 Å². The van der Waals surface area contributed by atoms with Crippen molar-refractivity contribution in [2.45, 2.75) is 6.92 Å². The molecule has 0 aliphatic heterocycles. The molecule has 3 nitrogen and oxygen atoms in total. The van der Waals surface area contributed by atoms with Gasteiger partial charge in [0, 0.05) is 5.69 Å². The summed E-state index contributed by atoms with van der Waals surface area (Å²) in [4.78, 5) is 11.3. The summed E-state index contributed by atoms with van der Waals surface area (Å²) >= 11 is 3.00. The Morgan fingerprint density at radius 3 is 2.87 bits per heavy atom. The highest BCUT2D eigenvalue weighted by Crippen LogP contribution is 2.20. The average Bonchev–Trinajstić information content (AvgIpc) is 2.22. The maximum absolute atomic E-state index is 12.8. The fourth-order valence-electron chi connectivity index (χ4n) is 0.883. The van der Waals surface area contributed by atoms with Crippen molar-refractivity contribution in [2.75, 3.05) is 5.32 Å². The first-order valence-corrected chi connectivity index (χ1v) is 4.99. The maximum Gasteiger partial charge on any atom is 0.241 e. The van der Waals surface area contributed by atoms with Crippen LogP contribution < -0.4 is 5.32 Å². The SMILES string of the molecule is CC(C#N)C(=O)Nc1ccc(F)c(Br)c1. The number of amides is 1. The summed E-state index contributed by atoms with van der Waals surface area (Å²) in [6.07, 6.45) is 0. The summed E-state index contributed by atoms with van der Waals surface area (Å²) in [6.45, 7) is 1.49. The van der Waals surface area contributed by atoms with Gasteiger partial charge in [-0.1, -0.05) is 0 Å². The Morgan fingerprint density at radius 2 is 2.33 bits per heavy atom. The molecule has 0 saturated heterocycles. The van der Waals surface area contributed by atoms with E-state index in [0.29, 0.717) is 5.69 Å². The number of benzene rings is 1. The summed E-state index contributed by atoms with van der Waals surface area (Å²) in [7, 11) is 0. The number of hydrogen-bond donors (Lipinski definition) is 1. The number of carbonyl (C=O) groups excluding carboxylic acids is 1. The second kappa shape index (κ2) is 4.89. The van der Waals surface area contributed by atoms with Crippen LogP contribution in [0.5, 0.6) is 0 Å². The van der Waals surface area contributed by atoms with Crippen molar-refractivity contribution < 1.29 is 9.18 Å². The molecule has 1 aromatic rings. The molecular formula is C10H8BrFN2O. The van der Waals surface area contributed by atoms with Crippen LogP contribution in [0.3, 0.4) is 0 Å². The van der Waals surface area contributed by atoms with Crippen molar-refractivity contribution >= 4 is 27.5 Å². The van der Waals surface area contributed by atoms with Crippen molar-refractivity contribution in [1.82, 2.24) is 0 Å². The summed E-state index contributed by atoms with van der Waals surface area (Å²) < 4.78 is 13.1. The molecule has 1 unspecified atom stereocenters. The highest BCUT2D eigenvalue weighted by atomic mass is 79.9. The summed E-state index contributed by atoms with van der Waals surface area (Å²) in [6, 6.07) is 5.92. The van der Waals surface area contributed by atoms with E-state index in [4.69, 9.17) is 5.26 Å². The van der Waals surface area contributed by atoms with Crippen LogP contribution in [0.25, 0.3) is 0 Å². The van der Waals surface area contributed by atoms with Crippen LogP contribution in [0.2, 0.25) is 0 Å². The van der Waals surface area contributed by atoms with Crippen LogP contribution in [0.1, 0.15) is 6.92 Å². The van der Waals surface area contributed by atoms with E-state index in [-0.39, 0.29) is 4.47 Å². The number of carbonyl (C=O) groups is 1. The average molecular weight is 271 g/mol. The molecule has 1 atom stereocenters. The number of nitriles is 1. The third kappa shape index (κ3) is 3.03. The van der Waals surface area contributed by atoms with Gasteiger partial charge in [0.25, 0.3) is 0 Å². The van der Waals surface area contributed by atoms with E-state index in [1.54, 1.807) is 0 Å². The molecule has 0 bridgehead atoms. The molecule has 5 heteroatoms. The molecule has 0 radical (unpaired) electrons. The molecule has 0 aromatic heterocycles. The molecule has 0 aliphatic carbocycles. The van der Waals surface area contributed by atoms with Gasteiger partial charge in [-0.05, 0) is 41.1 Å². The standard InChI is InChI=1S/C10H8BrFN2O/c1-6(5-13)10(15)14-7-2-3-9(12)8(11)4-7/h2-4,6H,1H3,(H,14,15). The topological polar surface area (TPSA) is 52.9 Å². The molecule has 0 fully saturated rings. The van der Waals surface area contributed by atoms with Crippen molar-refractivity contribution in [2.24, 2.45) is 5.92 Å². The van der Waals surface area contributed by atoms with Gasteiger partial charge >= 0.3 is 0 Å². The fraction of sp³-hybridized carbons (Fsp3) is 0.200. The van der Waals surface area contributed by atoms with E-state index in [9.17, 15) is 9.18 Å². The zero-order valence-electron chi connectivity index (χ0n) is 7.92. The van der Waals surface area contributed by atoms with Gasteiger partial charge in [-0.2, -0.15) is 5.26 Å². The summed E-state index contributed by atoms with van der Waals surface area (Å²) in [5.74, 6) is -1.54. The molecule has 78 valence electrons. The Labute approximate surface area is 95.0 Å². The Morgan fingerprint density at radius 1 is 1.67 bits per heavy atom. The normalized spacial score (nSPS) is 11.6. The van der Waals surface area contributed by atoms with Gasteiger partial charge in [-0.3, -0.25) is 4.79 Å². The van der Waals surface area contributed by atoms with Crippen LogP contribution in [0.4, 0.5) is 10.1 Å². The zero-order valence-corrected chi connectivity index (χ0v) is 9.51. The van der Waals surface area contributed by atoms with Gasteiger partial charge in [-0.25, -0.2) is 4.39 Å². The minimum absolute atomic E-state index is 0.268. The molecule has 1 N–H and O–H groups in total. The van der Waals surface area contributed by atoms with Gasteiger partial charge in [-0.15, -0.1) is 0 Å². The number of hydrogen-bond acceptors (Lipinski definition) is 2. The van der Waals surface area contributed by atoms with E-state index >= 15 is 0 Å². The molecule has 1 rings (SSSR count). The lowest BCUT2D eigenvalue weighted by molar-refractivity contribution is -0.117. The lowest BCUT2D eigenvalue weighted by Crippen LogP contribution is -2.18. The zero-order chi connectivity index (χ0) is 11.4. The minimum atomic E-state index is -0.728. The van der Waals surface area contributed by atoms with Crippen molar-refractivity contribution in [3.8, 4) is 6.07 Å². The maximum atomic E-state index is 12.8. The summed E-state index contributed by atoms with van der Waals surface area (Å²) in [5, 5.41) is 11.0. The van der Waals surface area contributed by atoms with Crippen molar-refractivity contribution in [3.63, 3.8) is 0 Å². The first-order chi connectivity index (χ1) is 7.04. The molecule has 15 heavy (non-hydrogen) atoms. The molecule has 0 heterocycles. The second-order valence-electron chi connectivity index (χ2n) is 2.97. The highest BCUT2D eigenvalue weighted by molar-refractivity contribution is 9.10. The molecule has 0 spiro atoms. The van der Waals surface area contributed by atoms with E-state index in [1.165, 1.54) is 25.1 Å². The van der Waals surface area contributed by atoms with Gasteiger partial charge < -0.3 is 5.32 Å². The van der Waals surface area contributed by atoms with Gasteiger partial charge in [0.2, 0.25) is 5.91 Å². The molecular weight excluding hydrogens is 263 g/mol. The number of nitrogens with zero attached hydrogens (tertiary/aromatic N) is 1. The predicted octanol–water partition coefficient (Wildman–Crippen LogP) is 2.69. The quantitative estimate of drug-likeness (QED) is 0.899. The van der Waals surface area contributed by atoms with Gasteiger partial charge in [0.1, 0.15) is 11.7 Å². The lowest BCUT2D eigenvalue weighted by atomic mass is 10.2. The number of halogens is 2. The van der Waals surface area contributed by atoms with Crippen LogP contribution in [-0.2, 0) is 4.79 Å². The Balaban J connectivity index is 2.78. The van der Waals surface area contributed by atoms with Crippen LogP contribution >= 0.6 is 15.9 Å². The number of anilines is 1.